The molecule has 2 aromatic rings. The minimum absolute atomic E-state index is 0.0362. The van der Waals surface area contributed by atoms with Gasteiger partial charge in [-0.05, 0) is 35.9 Å². The molecule has 1 aromatic heterocycles. The largest absolute Gasteiger partial charge is 0.507 e. The summed E-state index contributed by atoms with van der Waals surface area (Å²) in [6, 6.07) is 8.32. The predicted molar refractivity (Wildman–Crippen MR) is 62.2 cm³/mol. The van der Waals surface area contributed by atoms with Crippen molar-refractivity contribution < 1.29 is 14.7 Å². The van der Waals surface area contributed by atoms with Crippen LogP contribution in [0.4, 0.5) is 0 Å². The molecule has 0 atom stereocenters. The molecule has 3 nitrogen and oxygen atoms in total. The van der Waals surface area contributed by atoms with Crippen LogP contribution in [0.25, 0.3) is 10.4 Å². The minimum atomic E-state index is -0.0362. The Bertz CT molecular complexity index is 543. The summed E-state index contributed by atoms with van der Waals surface area (Å²) in [5, 5.41) is 9.35. The van der Waals surface area contributed by atoms with Crippen LogP contribution in [-0.2, 0) is 0 Å². The number of hydrogen-bond acceptors (Lipinski definition) is 4. The Morgan fingerprint density at radius 2 is 1.88 bits per heavy atom. The molecule has 1 heterocycles. The van der Waals surface area contributed by atoms with Crippen molar-refractivity contribution in [2.45, 2.75) is 0 Å². The monoisotopic (exact) mass is 232 g/mol. The van der Waals surface area contributed by atoms with Crippen molar-refractivity contribution in [3.8, 4) is 16.2 Å². The first-order valence-electron chi connectivity index (χ1n) is 4.58. The molecule has 0 unspecified atom stereocenters. The Morgan fingerprint density at radius 1 is 1.06 bits per heavy atom. The number of aldehydes is 2. The highest BCUT2D eigenvalue weighted by atomic mass is 32.1. The number of phenolic OH excluding ortho intramolecular Hbond substituents is 1. The standard InChI is InChI=1S/C12H8O3S/c13-6-9-5-8(1-3-11(9)15)12-4-2-10(7-14)16-12/h1-7,15H. The molecule has 0 fully saturated rings. The van der Waals surface area contributed by atoms with Crippen LogP contribution in [0.5, 0.6) is 5.75 Å². The van der Waals surface area contributed by atoms with Crippen LogP contribution in [0, 0.1) is 0 Å². The second-order valence-electron chi connectivity index (χ2n) is 3.21. The quantitative estimate of drug-likeness (QED) is 0.828. The lowest BCUT2D eigenvalue weighted by Gasteiger charge is -2.00. The molecular weight excluding hydrogens is 224 g/mol. The summed E-state index contributed by atoms with van der Waals surface area (Å²) >= 11 is 1.35. The van der Waals surface area contributed by atoms with Crippen LogP contribution < -0.4 is 0 Å². The molecule has 2 rings (SSSR count). The molecule has 1 N–H and O–H groups in total. The maximum Gasteiger partial charge on any atom is 0.160 e. The highest BCUT2D eigenvalue weighted by Gasteiger charge is 2.06. The Kier molecular flexibility index (Phi) is 2.83. The van der Waals surface area contributed by atoms with Crippen LogP contribution in [0.1, 0.15) is 20.0 Å². The normalized spacial score (nSPS) is 10.0. The summed E-state index contributed by atoms with van der Waals surface area (Å²) in [6.45, 7) is 0. The SMILES string of the molecule is O=Cc1ccc(-c2ccc(O)c(C=O)c2)s1. The highest BCUT2D eigenvalue weighted by molar-refractivity contribution is 7.17. The van der Waals surface area contributed by atoms with Gasteiger partial charge in [-0.3, -0.25) is 9.59 Å². The fraction of sp³-hybridized carbons (Fsp3) is 0. The first-order chi connectivity index (χ1) is 7.74. The zero-order valence-electron chi connectivity index (χ0n) is 8.21. The number of thiophene rings is 1. The minimum Gasteiger partial charge on any atom is -0.507 e. The van der Waals surface area contributed by atoms with Gasteiger partial charge in [-0.2, -0.15) is 0 Å². The number of aromatic hydroxyl groups is 1. The van der Waals surface area contributed by atoms with Gasteiger partial charge in [-0.15, -0.1) is 11.3 Å². The van der Waals surface area contributed by atoms with E-state index >= 15 is 0 Å². The van der Waals surface area contributed by atoms with Crippen LogP contribution in [0.2, 0.25) is 0 Å². The second kappa shape index (κ2) is 4.28. The molecule has 16 heavy (non-hydrogen) atoms. The molecule has 0 bridgehead atoms. The van der Waals surface area contributed by atoms with E-state index in [2.05, 4.69) is 0 Å². The topological polar surface area (TPSA) is 54.4 Å². The smallest absolute Gasteiger partial charge is 0.160 e. The molecule has 0 aliphatic heterocycles. The number of rotatable bonds is 3. The molecule has 80 valence electrons. The Hall–Kier alpha value is -1.94. The van der Waals surface area contributed by atoms with Crippen LogP contribution >= 0.6 is 11.3 Å². The average Bonchev–Trinajstić information content (AvgIpc) is 2.78. The van der Waals surface area contributed by atoms with Crippen LogP contribution in [0.3, 0.4) is 0 Å². The molecule has 0 aliphatic rings. The van der Waals surface area contributed by atoms with Gasteiger partial charge in [0.15, 0.2) is 12.6 Å². The van der Waals surface area contributed by atoms with E-state index in [4.69, 9.17) is 0 Å². The van der Waals surface area contributed by atoms with Crippen molar-refractivity contribution in [1.29, 1.82) is 0 Å². The molecule has 4 heteroatoms. The Labute approximate surface area is 96.0 Å². The predicted octanol–water partition coefficient (Wildman–Crippen LogP) is 2.75. The number of carbonyl (C=O) groups excluding carboxylic acids is 2. The van der Waals surface area contributed by atoms with Gasteiger partial charge in [0.1, 0.15) is 5.75 Å². The summed E-state index contributed by atoms with van der Waals surface area (Å²) in [6.07, 6.45) is 1.39. The second-order valence-corrected chi connectivity index (χ2v) is 4.33. The van der Waals surface area contributed by atoms with E-state index in [9.17, 15) is 14.7 Å². The number of benzene rings is 1. The molecule has 0 spiro atoms. The lowest BCUT2D eigenvalue weighted by atomic mass is 10.1. The third-order valence-corrected chi connectivity index (χ3v) is 3.24. The van der Waals surface area contributed by atoms with Gasteiger partial charge in [-0.1, -0.05) is 0 Å². The van der Waals surface area contributed by atoms with Crippen LogP contribution in [0.15, 0.2) is 30.3 Å². The van der Waals surface area contributed by atoms with Crippen LogP contribution in [-0.4, -0.2) is 17.7 Å². The molecular formula is C12H8O3S. The summed E-state index contributed by atoms with van der Waals surface area (Å²) in [5.74, 6) is -0.0362. The fourth-order valence-electron chi connectivity index (χ4n) is 1.37. The summed E-state index contributed by atoms with van der Waals surface area (Å²) < 4.78 is 0. The third-order valence-electron chi connectivity index (χ3n) is 2.18. The van der Waals surface area contributed by atoms with Gasteiger partial charge in [0.2, 0.25) is 0 Å². The van der Waals surface area contributed by atoms with Crippen molar-refractivity contribution in [2.24, 2.45) is 0 Å². The first kappa shape index (κ1) is 10.6. The van der Waals surface area contributed by atoms with Gasteiger partial charge in [0.05, 0.1) is 10.4 Å². The maximum atomic E-state index is 10.7. The molecule has 0 saturated carbocycles. The van der Waals surface area contributed by atoms with Crippen molar-refractivity contribution in [3.63, 3.8) is 0 Å². The van der Waals surface area contributed by atoms with E-state index in [0.29, 0.717) is 11.2 Å². The van der Waals surface area contributed by atoms with E-state index < -0.39 is 0 Å². The van der Waals surface area contributed by atoms with Gasteiger partial charge < -0.3 is 5.11 Å². The van der Waals surface area contributed by atoms with Crippen molar-refractivity contribution in [2.75, 3.05) is 0 Å². The van der Waals surface area contributed by atoms with Crippen molar-refractivity contribution in [3.05, 3.63) is 40.8 Å². The number of carbonyl (C=O) groups is 2. The lowest BCUT2D eigenvalue weighted by molar-refractivity contribution is 0.111. The van der Waals surface area contributed by atoms with E-state index in [1.165, 1.54) is 17.4 Å². The fourth-order valence-corrected chi connectivity index (χ4v) is 2.19. The van der Waals surface area contributed by atoms with E-state index in [1.807, 2.05) is 6.07 Å². The Balaban J connectivity index is 2.47. The molecule has 1 aromatic carbocycles. The van der Waals surface area contributed by atoms with E-state index in [0.717, 1.165) is 16.7 Å². The van der Waals surface area contributed by atoms with E-state index in [-0.39, 0.29) is 11.3 Å². The molecule has 0 amide bonds. The maximum absolute atomic E-state index is 10.7. The summed E-state index contributed by atoms with van der Waals surface area (Å²) in [5.41, 5.74) is 1.07. The zero-order valence-corrected chi connectivity index (χ0v) is 9.03. The average molecular weight is 232 g/mol. The highest BCUT2D eigenvalue weighted by Crippen LogP contribution is 2.30. The molecule has 0 saturated heterocycles. The summed E-state index contributed by atoms with van der Waals surface area (Å²) in [7, 11) is 0. The third kappa shape index (κ3) is 1.87. The van der Waals surface area contributed by atoms with Gasteiger partial charge >= 0.3 is 0 Å². The van der Waals surface area contributed by atoms with Crippen molar-refractivity contribution in [1.82, 2.24) is 0 Å². The Morgan fingerprint density at radius 3 is 2.50 bits per heavy atom. The van der Waals surface area contributed by atoms with Crippen molar-refractivity contribution >= 4 is 23.9 Å². The molecule has 0 aliphatic carbocycles. The van der Waals surface area contributed by atoms with E-state index in [1.54, 1.807) is 18.2 Å². The zero-order chi connectivity index (χ0) is 11.5. The van der Waals surface area contributed by atoms with Gasteiger partial charge in [0.25, 0.3) is 0 Å². The van der Waals surface area contributed by atoms with Gasteiger partial charge in [-0.25, -0.2) is 0 Å². The first-order valence-corrected chi connectivity index (χ1v) is 5.40. The molecule has 0 radical (unpaired) electrons. The lowest BCUT2D eigenvalue weighted by Crippen LogP contribution is -1.82. The number of phenols is 1. The number of hydrogen-bond donors (Lipinski definition) is 1. The summed E-state index contributed by atoms with van der Waals surface area (Å²) in [4.78, 5) is 22.7. The van der Waals surface area contributed by atoms with Gasteiger partial charge in [0, 0.05) is 4.88 Å².